The maximum atomic E-state index is 14.5. The van der Waals surface area contributed by atoms with Gasteiger partial charge in [-0.2, -0.15) is 0 Å². The Morgan fingerprint density at radius 1 is 0.915 bits per heavy atom. The fraction of sp³-hybridized carbons (Fsp3) is 0.175. The molecule has 0 N–H and O–H groups in total. The molecule has 0 spiro atoms. The van der Waals surface area contributed by atoms with E-state index in [0.717, 1.165) is 27.6 Å². The van der Waals surface area contributed by atoms with E-state index in [1.807, 2.05) is 78.9 Å². The minimum atomic E-state index is -0.705. The molecule has 234 valence electrons. The normalized spacial score (nSPS) is 14.8. The Labute approximate surface area is 277 Å². The summed E-state index contributed by atoms with van der Waals surface area (Å²) < 4.78 is 10.1. The number of nitrogens with zero attached hydrogens (tertiary/aromatic N) is 3. The summed E-state index contributed by atoms with van der Waals surface area (Å²) in [6.45, 7) is 7.00. The Kier molecular flexibility index (Phi) is 8.31. The van der Waals surface area contributed by atoms with Gasteiger partial charge in [0.05, 0.1) is 28.5 Å². The van der Waals surface area contributed by atoms with Crippen LogP contribution in [0.2, 0.25) is 0 Å². The summed E-state index contributed by atoms with van der Waals surface area (Å²) in [5, 5.41) is 1.06. The van der Waals surface area contributed by atoms with Gasteiger partial charge in [0.2, 0.25) is 0 Å². The van der Waals surface area contributed by atoms with E-state index in [1.54, 1.807) is 11.5 Å². The predicted molar refractivity (Wildman–Crippen MR) is 189 cm³/mol. The predicted octanol–water partition coefficient (Wildman–Crippen LogP) is 7.06. The van der Waals surface area contributed by atoms with E-state index in [4.69, 9.17) is 9.73 Å². The SMILES string of the molecule is CCOC(=O)C1=C(c2ccccc2)N=c2s/c(=C\c3cn(Cc4ccccc4)c4ccccc34)c(=O)n2[C@H]1c1ccc(C(C)C)cc1. The van der Waals surface area contributed by atoms with Crippen LogP contribution >= 0.6 is 11.3 Å². The van der Waals surface area contributed by atoms with Crippen LogP contribution in [0.15, 0.2) is 131 Å². The van der Waals surface area contributed by atoms with E-state index in [2.05, 4.69) is 61.0 Å². The molecule has 0 amide bonds. The van der Waals surface area contributed by atoms with Crippen molar-refractivity contribution in [2.24, 2.45) is 4.99 Å². The number of rotatable bonds is 8. The van der Waals surface area contributed by atoms with Crippen molar-refractivity contribution in [2.45, 2.75) is 39.3 Å². The summed E-state index contributed by atoms with van der Waals surface area (Å²) in [6, 6.07) is 35.7. The lowest BCUT2D eigenvalue weighted by atomic mass is 9.91. The highest BCUT2D eigenvalue weighted by atomic mass is 32.1. The number of para-hydroxylation sites is 1. The molecule has 6 nitrogen and oxygen atoms in total. The Balaban J connectivity index is 1.45. The molecule has 0 saturated heterocycles. The Morgan fingerprint density at radius 2 is 1.60 bits per heavy atom. The number of esters is 1. The van der Waals surface area contributed by atoms with E-state index in [0.29, 0.717) is 33.1 Å². The lowest BCUT2D eigenvalue weighted by Crippen LogP contribution is -2.40. The minimum absolute atomic E-state index is 0.194. The van der Waals surface area contributed by atoms with E-state index in [9.17, 15) is 9.59 Å². The number of thiazole rings is 1. The summed E-state index contributed by atoms with van der Waals surface area (Å²) in [5.41, 5.74) is 6.72. The Hall–Kier alpha value is -5.27. The van der Waals surface area contributed by atoms with Crippen molar-refractivity contribution in [1.29, 1.82) is 0 Å². The van der Waals surface area contributed by atoms with E-state index >= 15 is 0 Å². The number of benzene rings is 4. The second kappa shape index (κ2) is 12.9. The Bertz CT molecular complexity index is 2290. The first kappa shape index (κ1) is 30.4. The molecule has 0 saturated carbocycles. The highest BCUT2D eigenvalue weighted by Crippen LogP contribution is 2.35. The molecule has 0 aliphatic carbocycles. The maximum absolute atomic E-state index is 14.5. The molecule has 1 aliphatic rings. The zero-order valence-corrected chi connectivity index (χ0v) is 27.4. The third kappa shape index (κ3) is 5.79. The molecule has 0 radical (unpaired) electrons. The van der Waals surface area contributed by atoms with E-state index in [-0.39, 0.29) is 12.2 Å². The zero-order chi connectivity index (χ0) is 32.5. The van der Waals surface area contributed by atoms with Gasteiger partial charge in [-0.15, -0.1) is 0 Å². The molecule has 6 aromatic rings. The van der Waals surface area contributed by atoms with Gasteiger partial charge in [-0.25, -0.2) is 9.79 Å². The third-order valence-corrected chi connectivity index (χ3v) is 9.58. The first-order valence-corrected chi connectivity index (χ1v) is 16.7. The van der Waals surface area contributed by atoms with Crippen molar-refractivity contribution in [3.8, 4) is 0 Å². The van der Waals surface area contributed by atoms with E-state index in [1.165, 1.54) is 22.5 Å². The van der Waals surface area contributed by atoms with Crippen LogP contribution in [0, 0.1) is 0 Å². The van der Waals surface area contributed by atoms with Crippen LogP contribution in [0.1, 0.15) is 60.5 Å². The Morgan fingerprint density at radius 3 is 2.30 bits per heavy atom. The van der Waals surface area contributed by atoms with Gasteiger partial charge in [0, 0.05) is 34.8 Å². The molecular weight excluding hydrogens is 603 g/mol. The molecule has 0 unspecified atom stereocenters. The molecule has 2 aromatic heterocycles. The second-order valence-corrected chi connectivity index (χ2v) is 13.0. The molecular formula is C40H35N3O3S. The van der Waals surface area contributed by atoms with Gasteiger partial charge < -0.3 is 9.30 Å². The molecule has 0 bridgehead atoms. The smallest absolute Gasteiger partial charge is 0.338 e. The highest BCUT2D eigenvalue weighted by Gasteiger charge is 2.35. The van der Waals surface area contributed by atoms with Crippen LogP contribution in [0.4, 0.5) is 0 Å². The first-order valence-electron chi connectivity index (χ1n) is 15.9. The van der Waals surface area contributed by atoms with Crippen molar-refractivity contribution in [1.82, 2.24) is 9.13 Å². The van der Waals surface area contributed by atoms with Gasteiger partial charge in [0.1, 0.15) is 0 Å². The highest BCUT2D eigenvalue weighted by molar-refractivity contribution is 7.07. The fourth-order valence-electron chi connectivity index (χ4n) is 6.26. The lowest BCUT2D eigenvalue weighted by molar-refractivity contribution is -0.138. The van der Waals surface area contributed by atoms with Gasteiger partial charge in [0.15, 0.2) is 4.80 Å². The van der Waals surface area contributed by atoms with E-state index < -0.39 is 12.0 Å². The molecule has 4 aromatic carbocycles. The molecule has 1 aliphatic heterocycles. The fourth-order valence-corrected chi connectivity index (χ4v) is 7.25. The molecule has 47 heavy (non-hydrogen) atoms. The van der Waals surface area contributed by atoms with Crippen molar-refractivity contribution in [3.63, 3.8) is 0 Å². The zero-order valence-electron chi connectivity index (χ0n) is 26.6. The number of hydrogen-bond donors (Lipinski definition) is 0. The number of aromatic nitrogens is 2. The van der Waals surface area contributed by atoms with Gasteiger partial charge in [0.25, 0.3) is 5.56 Å². The third-order valence-electron chi connectivity index (χ3n) is 8.59. The van der Waals surface area contributed by atoms with Crippen LogP contribution in [0.25, 0.3) is 22.7 Å². The quantitative estimate of drug-likeness (QED) is 0.168. The minimum Gasteiger partial charge on any atom is -0.463 e. The summed E-state index contributed by atoms with van der Waals surface area (Å²) >= 11 is 1.34. The van der Waals surface area contributed by atoms with Crippen molar-refractivity contribution >= 4 is 40.0 Å². The number of ether oxygens (including phenoxy) is 1. The summed E-state index contributed by atoms with van der Waals surface area (Å²) in [4.78, 5) is 33.8. The molecule has 0 fully saturated rings. The molecule has 1 atom stereocenters. The molecule has 7 rings (SSSR count). The summed E-state index contributed by atoms with van der Waals surface area (Å²) in [7, 11) is 0. The molecule has 3 heterocycles. The largest absolute Gasteiger partial charge is 0.463 e. The molecule has 7 heteroatoms. The van der Waals surface area contributed by atoms with Gasteiger partial charge in [-0.1, -0.05) is 128 Å². The van der Waals surface area contributed by atoms with Crippen molar-refractivity contribution < 1.29 is 9.53 Å². The van der Waals surface area contributed by atoms with Gasteiger partial charge in [-0.05, 0) is 41.7 Å². The number of carbonyl (C=O) groups is 1. The first-order chi connectivity index (χ1) is 22.9. The van der Waals surface area contributed by atoms with Crippen LogP contribution in [-0.2, 0) is 16.1 Å². The summed E-state index contributed by atoms with van der Waals surface area (Å²) in [6.07, 6.45) is 4.07. The van der Waals surface area contributed by atoms with Crippen molar-refractivity contribution in [2.75, 3.05) is 6.61 Å². The average Bonchev–Trinajstić information content (AvgIpc) is 3.60. The topological polar surface area (TPSA) is 65.6 Å². The average molecular weight is 638 g/mol. The van der Waals surface area contributed by atoms with Crippen molar-refractivity contribution in [3.05, 3.63) is 168 Å². The number of carbonyl (C=O) groups excluding carboxylic acids is 1. The summed E-state index contributed by atoms with van der Waals surface area (Å²) in [5.74, 6) is -0.138. The second-order valence-electron chi connectivity index (χ2n) is 12.0. The number of hydrogen-bond acceptors (Lipinski definition) is 5. The van der Waals surface area contributed by atoms with Crippen LogP contribution in [-0.4, -0.2) is 21.7 Å². The van der Waals surface area contributed by atoms with Crippen LogP contribution in [0.3, 0.4) is 0 Å². The maximum Gasteiger partial charge on any atom is 0.338 e. The van der Waals surface area contributed by atoms with Crippen LogP contribution in [0.5, 0.6) is 0 Å². The lowest BCUT2D eigenvalue weighted by Gasteiger charge is -2.26. The van der Waals surface area contributed by atoms with Crippen LogP contribution < -0.4 is 14.9 Å². The standard InChI is InChI=1S/C40H35N3O3S/c1-4-46-39(45)35-36(29-15-9-6-10-16-29)41-40-43(37(35)30-21-19-28(20-22-30)26(2)3)38(44)34(47-40)23-31-25-42(24-27-13-7-5-8-14-27)33-18-12-11-17-32(31)33/h5-23,25-26,37H,4,24H2,1-3H3/b34-23-/t37-/m0/s1. The van der Waals surface area contributed by atoms with Gasteiger partial charge in [-0.3, -0.25) is 9.36 Å². The van der Waals surface area contributed by atoms with Gasteiger partial charge >= 0.3 is 5.97 Å². The monoisotopic (exact) mass is 637 g/mol. The number of fused-ring (bicyclic) bond motifs is 2.